The lowest BCUT2D eigenvalue weighted by molar-refractivity contribution is 0.445. The first-order valence-electron chi connectivity index (χ1n) is 5.29. The van der Waals surface area contributed by atoms with Crippen LogP contribution in [0.25, 0.3) is 0 Å². The van der Waals surface area contributed by atoms with Crippen LogP contribution in [0.15, 0.2) is 18.2 Å². The second-order valence-electron chi connectivity index (χ2n) is 4.23. The fourth-order valence-electron chi connectivity index (χ4n) is 2.04. The predicted octanol–water partition coefficient (Wildman–Crippen LogP) is 0.953. The third kappa shape index (κ3) is 2.42. The normalized spacial score (nSPS) is 20.1. The van der Waals surface area contributed by atoms with Gasteiger partial charge in [-0.25, -0.2) is 4.72 Å². The molecule has 1 N–H and O–H groups in total. The Morgan fingerprint density at radius 3 is 2.38 bits per heavy atom. The van der Waals surface area contributed by atoms with Crippen LogP contribution in [-0.4, -0.2) is 25.8 Å². The van der Waals surface area contributed by atoms with E-state index in [4.69, 9.17) is 0 Å². The van der Waals surface area contributed by atoms with E-state index >= 15 is 0 Å². The van der Waals surface area contributed by atoms with Gasteiger partial charge in [-0.1, -0.05) is 29.3 Å². The van der Waals surface area contributed by atoms with Crippen LogP contribution in [0.1, 0.15) is 16.7 Å². The highest BCUT2D eigenvalue weighted by atomic mass is 32.2. The smallest absolute Gasteiger partial charge is 0.201 e. The molecule has 5 heteroatoms. The molecule has 1 heterocycles. The lowest BCUT2D eigenvalue weighted by Gasteiger charge is -2.14. The Labute approximate surface area is 96.5 Å². The molecule has 1 fully saturated rings. The molecule has 1 aromatic rings. The van der Waals surface area contributed by atoms with E-state index in [2.05, 4.69) is 10.8 Å². The van der Waals surface area contributed by atoms with E-state index in [9.17, 15) is 8.42 Å². The van der Waals surface area contributed by atoms with E-state index in [1.807, 2.05) is 26.0 Å². The van der Waals surface area contributed by atoms with Crippen molar-refractivity contribution in [3.63, 3.8) is 0 Å². The molecular weight excluding hydrogens is 224 g/mol. The van der Waals surface area contributed by atoms with E-state index in [1.165, 1.54) is 15.4 Å². The Balaban J connectivity index is 2.21. The number of hydrogen-bond acceptors (Lipinski definition) is 2. The van der Waals surface area contributed by atoms with Gasteiger partial charge in [-0.2, -0.15) is 12.7 Å². The summed E-state index contributed by atoms with van der Waals surface area (Å²) in [6.45, 7) is 5.56. The second-order valence-corrected chi connectivity index (χ2v) is 5.98. The summed E-state index contributed by atoms with van der Waals surface area (Å²) < 4.78 is 27.1. The van der Waals surface area contributed by atoms with E-state index in [0.29, 0.717) is 19.6 Å². The molecule has 0 bridgehead atoms. The molecule has 1 aromatic carbocycles. The minimum Gasteiger partial charge on any atom is -0.201 e. The van der Waals surface area contributed by atoms with Gasteiger partial charge >= 0.3 is 0 Å². The first kappa shape index (κ1) is 11.6. The molecule has 1 aliphatic rings. The summed E-state index contributed by atoms with van der Waals surface area (Å²) in [5.41, 5.74) is 3.38. The number of hydrogen-bond donors (Lipinski definition) is 1. The topological polar surface area (TPSA) is 49.4 Å². The maximum Gasteiger partial charge on any atom is 0.279 e. The van der Waals surface area contributed by atoms with Crippen molar-refractivity contribution in [2.24, 2.45) is 0 Å². The van der Waals surface area contributed by atoms with Crippen LogP contribution in [0.2, 0.25) is 0 Å². The van der Waals surface area contributed by atoms with Crippen LogP contribution in [0.5, 0.6) is 0 Å². The van der Waals surface area contributed by atoms with E-state index < -0.39 is 10.2 Å². The Bertz CT molecular complexity index is 476. The minimum atomic E-state index is -3.23. The zero-order valence-electron chi connectivity index (χ0n) is 9.53. The molecule has 0 amide bonds. The molecule has 88 valence electrons. The molecule has 0 unspecified atom stereocenters. The summed E-state index contributed by atoms with van der Waals surface area (Å²) in [5.74, 6) is 0. The van der Waals surface area contributed by atoms with Crippen molar-refractivity contribution < 1.29 is 8.42 Å². The van der Waals surface area contributed by atoms with Crippen molar-refractivity contribution >= 4 is 10.2 Å². The van der Waals surface area contributed by atoms with Gasteiger partial charge in [0.15, 0.2) is 0 Å². The lowest BCUT2D eigenvalue weighted by Crippen LogP contribution is -2.29. The summed E-state index contributed by atoms with van der Waals surface area (Å²) in [6, 6.07) is 6.14. The largest absolute Gasteiger partial charge is 0.279 e. The molecule has 0 aliphatic carbocycles. The van der Waals surface area contributed by atoms with Crippen LogP contribution < -0.4 is 4.72 Å². The Morgan fingerprint density at radius 2 is 1.88 bits per heavy atom. The number of nitrogens with one attached hydrogen (secondary N) is 1. The van der Waals surface area contributed by atoms with Crippen LogP contribution in [0.4, 0.5) is 0 Å². The van der Waals surface area contributed by atoms with Crippen molar-refractivity contribution in [3.05, 3.63) is 34.9 Å². The first-order valence-corrected chi connectivity index (χ1v) is 6.73. The molecule has 0 aromatic heterocycles. The van der Waals surface area contributed by atoms with Gasteiger partial charge in [0, 0.05) is 19.6 Å². The summed E-state index contributed by atoms with van der Waals surface area (Å²) in [7, 11) is -3.23. The van der Waals surface area contributed by atoms with Gasteiger partial charge in [0.05, 0.1) is 0 Å². The van der Waals surface area contributed by atoms with Crippen molar-refractivity contribution in [3.8, 4) is 0 Å². The maximum atomic E-state index is 11.6. The van der Waals surface area contributed by atoms with Crippen molar-refractivity contribution in [1.82, 2.24) is 9.03 Å². The van der Waals surface area contributed by atoms with Crippen molar-refractivity contribution in [2.75, 3.05) is 13.1 Å². The molecule has 1 saturated heterocycles. The first-order chi connectivity index (χ1) is 7.47. The zero-order valence-corrected chi connectivity index (χ0v) is 10.3. The van der Waals surface area contributed by atoms with E-state index in [1.54, 1.807) is 0 Å². The van der Waals surface area contributed by atoms with Crippen molar-refractivity contribution in [1.29, 1.82) is 0 Å². The minimum absolute atomic E-state index is 0.456. The summed E-state index contributed by atoms with van der Waals surface area (Å²) in [6.07, 6.45) is 0. The fourth-order valence-corrected chi connectivity index (χ4v) is 3.22. The fraction of sp³-hybridized carbons (Fsp3) is 0.455. The average molecular weight is 240 g/mol. The van der Waals surface area contributed by atoms with Crippen molar-refractivity contribution in [2.45, 2.75) is 20.4 Å². The molecule has 4 nitrogen and oxygen atoms in total. The average Bonchev–Trinajstić information content (AvgIpc) is 2.44. The zero-order chi connectivity index (χ0) is 11.8. The quantitative estimate of drug-likeness (QED) is 0.837. The van der Waals surface area contributed by atoms with Gasteiger partial charge in [0.25, 0.3) is 10.2 Å². The van der Waals surface area contributed by atoms with Crippen LogP contribution in [-0.2, 0) is 16.8 Å². The Kier molecular flexibility index (Phi) is 3.01. The number of nitrogens with zero attached hydrogens (tertiary/aromatic N) is 1. The molecule has 0 saturated carbocycles. The monoisotopic (exact) mass is 240 g/mol. The predicted molar refractivity (Wildman–Crippen MR) is 63.2 cm³/mol. The molecule has 1 aliphatic heterocycles. The van der Waals surface area contributed by atoms with Gasteiger partial charge in [0.2, 0.25) is 0 Å². The molecule has 2 rings (SSSR count). The summed E-state index contributed by atoms with van der Waals surface area (Å²) in [5, 5.41) is 0. The molecule has 0 spiro atoms. The molecule has 16 heavy (non-hydrogen) atoms. The Morgan fingerprint density at radius 1 is 1.25 bits per heavy atom. The number of benzene rings is 1. The third-order valence-corrected chi connectivity index (χ3v) is 4.19. The highest BCUT2D eigenvalue weighted by Crippen LogP contribution is 2.14. The van der Waals surface area contributed by atoms with Gasteiger partial charge < -0.3 is 0 Å². The number of rotatable bonds is 2. The third-order valence-electron chi connectivity index (χ3n) is 2.63. The van der Waals surface area contributed by atoms with Crippen LogP contribution in [0, 0.1) is 13.8 Å². The van der Waals surface area contributed by atoms with E-state index in [-0.39, 0.29) is 0 Å². The summed E-state index contributed by atoms with van der Waals surface area (Å²) >= 11 is 0. The van der Waals surface area contributed by atoms with Gasteiger partial charge in [-0.15, -0.1) is 0 Å². The highest BCUT2D eigenvalue weighted by Gasteiger charge is 2.27. The lowest BCUT2D eigenvalue weighted by atomic mass is 10.1. The van der Waals surface area contributed by atoms with Crippen LogP contribution >= 0.6 is 0 Å². The van der Waals surface area contributed by atoms with E-state index in [0.717, 1.165) is 5.56 Å². The standard InChI is InChI=1S/C11H16N2O2S/c1-9-5-10(2)7-11(6-9)8-13-4-3-12-16(13,14)15/h5-7,12H,3-4,8H2,1-2H3. The Hall–Kier alpha value is -0.910. The molecule has 0 radical (unpaired) electrons. The SMILES string of the molecule is Cc1cc(C)cc(CN2CCNS2(=O)=O)c1. The van der Waals surface area contributed by atoms with Gasteiger partial charge in [-0.05, 0) is 19.4 Å². The highest BCUT2D eigenvalue weighted by molar-refractivity contribution is 7.87. The summed E-state index contributed by atoms with van der Waals surface area (Å²) in [4.78, 5) is 0. The second kappa shape index (κ2) is 4.16. The number of aryl methyl sites for hydroxylation is 2. The van der Waals surface area contributed by atoms with Gasteiger partial charge in [-0.3, -0.25) is 0 Å². The molecular formula is C11H16N2O2S. The molecule has 0 atom stereocenters. The van der Waals surface area contributed by atoms with Crippen LogP contribution in [0.3, 0.4) is 0 Å². The van der Waals surface area contributed by atoms with Gasteiger partial charge in [0.1, 0.15) is 0 Å². The maximum absolute atomic E-state index is 11.6.